The average Bonchev–Trinajstić information content (AvgIpc) is 2.73. The van der Waals surface area contributed by atoms with Gasteiger partial charge in [-0.05, 0) is 62.0 Å². The van der Waals surface area contributed by atoms with E-state index in [2.05, 4.69) is 10.6 Å². The van der Waals surface area contributed by atoms with Gasteiger partial charge in [0.15, 0.2) is 11.5 Å². The number of carbonyl (C=O) groups excluding carboxylic acids is 2. The molecule has 0 saturated heterocycles. The van der Waals surface area contributed by atoms with Crippen molar-refractivity contribution in [3.05, 3.63) is 47.5 Å². The SMILES string of the molecule is CCN(CC)CC(=O)Nc1ccc(NC(=O)c2ccc(OC)c(OC)c2)cc1C. The summed E-state index contributed by atoms with van der Waals surface area (Å²) in [6.45, 7) is 7.94. The van der Waals surface area contributed by atoms with Crippen LogP contribution in [0.4, 0.5) is 11.4 Å². The number of nitrogens with one attached hydrogen (secondary N) is 2. The number of methoxy groups -OCH3 is 2. The van der Waals surface area contributed by atoms with Crippen LogP contribution in [0.2, 0.25) is 0 Å². The molecule has 2 amide bonds. The third-order valence-electron chi connectivity index (χ3n) is 4.67. The van der Waals surface area contributed by atoms with E-state index in [1.807, 2.05) is 31.7 Å². The Morgan fingerprint density at radius 3 is 2.21 bits per heavy atom. The highest BCUT2D eigenvalue weighted by Gasteiger charge is 2.13. The number of ether oxygens (including phenoxy) is 2. The molecule has 7 nitrogen and oxygen atoms in total. The Hall–Kier alpha value is -3.06. The van der Waals surface area contributed by atoms with Crippen molar-refractivity contribution < 1.29 is 19.1 Å². The van der Waals surface area contributed by atoms with Gasteiger partial charge in [-0.2, -0.15) is 0 Å². The van der Waals surface area contributed by atoms with Gasteiger partial charge < -0.3 is 20.1 Å². The highest BCUT2D eigenvalue weighted by molar-refractivity contribution is 6.05. The lowest BCUT2D eigenvalue weighted by atomic mass is 10.1. The molecule has 2 N–H and O–H groups in total. The molecule has 0 aromatic heterocycles. The van der Waals surface area contributed by atoms with Gasteiger partial charge in [0.05, 0.1) is 20.8 Å². The van der Waals surface area contributed by atoms with Crippen LogP contribution in [0.3, 0.4) is 0 Å². The van der Waals surface area contributed by atoms with Crippen molar-refractivity contribution in [2.45, 2.75) is 20.8 Å². The Morgan fingerprint density at radius 2 is 1.62 bits per heavy atom. The van der Waals surface area contributed by atoms with Crippen LogP contribution in [0, 0.1) is 6.92 Å². The van der Waals surface area contributed by atoms with Crippen LogP contribution in [-0.4, -0.2) is 50.6 Å². The number of likely N-dealkylation sites (N-methyl/N-ethyl adjacent to an activating group) is 1. The lowest BCUT2D eigenvalue weighted by Gasteiger charge is -2.18. The van der Waals surface area contributed by atoms with Gasteiger partial charge in [-0.3, -0.25) is 14.5 Å². The average molecular weight is 399 g/mol. The molecule has 0 saturated carbocycles. The molecule has 0 heterocycles. The van der Waals surface area contributed by atoms with Gasteiger partial charge in [0, 0.05) is 16.9 Å². The predicted molar refractivity (Wildman–Crippen MR) is 115 cm³/mol. The zero-order valence-electron chi connectivity index (χ0n) is 17.7. The normalized spacial score (nSPS) is 10.6. The molecule has 29 heavy (non-hydrogen) atoms. The van der Waals surface area contributed by atoms with E-state index in [0.29, 0.717) is 29.3 Å². The lowest BCUT2D eigenvalue weighted by Crippen LogP contribution is -2.33. The van der Waals surface area contributed by atoms with Gasteiger partial charge in [-0.15, -0.1) is 0 Å². The highest BCUT2D eigenvalue weighted by Crippen LogP contribution is 2.28. The number of aryl methyl sites for hydroxylation is 1. The van der Waals surface area contributed by atoms with E-state index in [-0.39, 0.29) is 11.8 Å². The first-order valence-corrected chi connectivity index (χ1v) is 9.58. The molecular formula is C22H29N3O4. The Morgan fingerprint density at radius 1 is 0.931 bits per heavy atom. The molecule has 2 aromatic carbocycles. The van der Waals surface area contributed by atoms with E-state index < -0.39 is 0 Å². The van der Waals surface area contributed by atoms with Crippen molar-refractivity contribution in [3.8, 4) is 11.5 Å². The number of rotatable bonds is 9. The summed E-state index contributed by atoms with van der Waals surface area (Å²) < 4.78 is 10.4. The number of hydrogen-bond donors (Lipinski definition) is 2. The summed E-state index contributed by atoms with van der Waals surface area (Å²) in [4.78, 5) is 26.8. The lowest BCUT2D eigenvalue weighted by molar-refractivity contribution is -0.117. The summed E-state index contributed by atoms with van der Waals surface area (Å²) in [6, 6.07) is 10.4. The second-order valence-corrected chi connectivity index (χ2v) is 6.56. The maximum absolute atomic E-state index is 12.6. The van der Waals surface area contributed by atoms with Crippen LogP contribution in [0.1, 0.15) is 29.8 Å². The molecule has 0 atom stereocenters. The minimum absolute atomic E-state index is 0.0566. The van der Waals surface area contributed by atoms with E-state index in [9.17, 15) is 9.59 Å². The molecule has 0 bridgehead atoms. The second kappa shape index (κ2) is 10.5. The Balaban J connectivity index is 2.06. The maximum Gasteiger partial charge on any atom is 0.255 e. The fourth-order valence-corrected chi connectivity index (χ4v) is 2.90. The van der Waals surface area contributed by atoms with Gasteiger partial charge in [0.2, 0.25) is 5.91 Å². The molecule has 0 aliphatic rings. The summed E-state index contributed by atoms with van der Waals surface area (Å²) in [7, 11) is 3.07. The molecule has 2 rings (SSSR count). The molecule has 0 aliphatic carbocycles. The molecule has 0 aliphatic heterocycles. The summed E-state index contributed by atoms with van der Waals surface area (Å²) in [5.41, 5.74) is 2.69. The second-order valence-electron chi connectivity index (χ2n) is 6.56. The van der Waals surface area contributed by atoms with Crippen molar-refractivity contribution in [1.29, 1.82) is 0 Å². The van der Waals surface area contributed by atoms with Crippen LogP contribution in [0.15, 0.2) is 36.4 Å². The van der Waals surface area contributed by atoms with Crippen LogP contribution in [0.5, 0.6) is 11.5 Å². The van der Waals surface area contributed by atoms with E-state index in [1.54, 1.807) is 37.4 Å². The number of hydrogen-bond acceptors (Lipinski definition) is 5. The maximum atomic E-state index is 12.6. The fourth-order valence-electron chi connectivity index (χ4n) is 2.90. The number of anilines is 2. The Labute approximate surface area is 172 Å². The van der Waals surface area contributed by atoms with Crippen molar-refractivity contribution in [1.82, 2.24) is 4.90 Å². The fraction of sp³-hybridized carbons (Fsp3) is 0.364. The van der Waals surface area contributed by atoms with E-state index >= 15 is 0 Å². The predicted octanol–water partition coefficient (Wildman–Crippen LogP) is 3.54. The highest BCUT2D eigenvalue weighted by atomic mass is 16.5. The minimum atomic E-state index is -0.260. The molecule has 0 fully saturated rings. The summed E-state index contributed by atoms with van der Waals surface area (Å²) in [6.07, 6.45) is 0. The molecular weight excluding hydrogens is 370 g/mol. The molecule has 2 aromatic rings. The third kappa shape index (κ3) is 5.96. The molecule has 156 valence electrons. The van der Waals surface area contributed by atoms with Crippen LogP contribution >= 0.6 is 0 Å². The number of nitrogens with zero attached hydrogens (tertiary/aromatic N) is 1. The monoisotopic (exact) mass is 399 g/mol. The number of carbonyl (C=O) groups is 2. The third-order valence-corrected chi connectivity index (χ3v) is 4.67. The van der Waals surface area contributed by atoms with Crippen LogP contribution in [-0.2, 0) is 4.79 Å². The van der Waals surface area contributed by atoms with Gasteiger partial charge in [0.25, 0.3) is 5.91 Å². The quantitative estimate of drug-likeness (QED) is 0.674. The first-order chi connectivity index (χ1) is 13.9. The summed E-state index contributed by atoms with van der Waals surface area (Å²) >= 11 is 0. The first-order valence-electron chi connectivity index (χ1n) is 9.58. The molecule has 0 radical (unpaired) electrons. The van der Waals surface area contributed by atoms with Gasteiger partial charge in [0.1, 0.15) is 0 Å². The zero-order valence-corrected chi connectivity index (χ0v) is 17.7. The minimum Gasteiger partial charge on any atom is -0.493 e. The van der Waals surface area contributed by atoms with E-state index in [0.717, 1.165) is 24.3 Å². The Bertz CT molecular complexity index is 863. The number of amides is 2. The smallest absolute Gasteiger partial charge is 0.255 e. The first kappa shape index (κ1) is 22.2. The van der Waals surface area contributed by atoms with Gasteiger partial charge >= 0.3 is 0 Å². The summed E-state index contributed by atoms with van der Waals surface area (Å²) in [5.74, 6) is 0.731. The zero-order chi connectivity index (χ0) is 21.4. The molecule has 7 heteroatoms. The standard InChI is InChI=1S/C22H29N3O4/c1-6-25(7-2)14-21(26)24-18-10-9-17(12-15(18)3)23-22(27)16-8-11-19(28-4)20(13-16)29-5/h8-13H,6-7,14H2,1-5H3,(H,23,27)(H,24,26). The Kier molecular flexibility index (Phi) is 8.03. The molecule has 0 spiro atoms. The topological polar surface area (TPSA) is 79.9 Å². The van der Waals surface area contributed by atoms with Crippen molar-refractivity contribution in [3.63, 3.8) is 0 Å². The summed E-state index contributed by atoms with van der Waals surface area (Å²) in [5, 5.41) is 5.79. The van der Waals surface area contributed by atoms with E-state index in [1.165, 1.54) is 7.11 Å². The van der Waals surface area contributed by atoms with Crippen LogP contribution < -0.4 is 20.1 Å². The molecule has 0 unspecified atom stereocenters. The van der Waals surface area contributed by atoms with Crippen molar-refractivity contribution in [2.75, 3.05) is 44.5 Å². The van der Waals surface area contributed by atoms with Gasteiger partial charge in [-0.1, -0.05) is 13.8 Å². The van der Waals surface area contributed by atoms with Gasteiger partial charge in [-0.25, -0.2) is 0 Å². The van der Waals surface area contributed by atoms with E-state index in [4.69, 9.17) is 9.47 Å². The van der Waals surface area contributed by atoms with Crippen molar-refractivity contribution in [2.24, 2.45) is 0 Å². The van der Waals surface area contributed by atoms with Crippen LogP contribution in [0.25, 0.3) is 0 Å². The number of benzene rings is 2. The largest absolute Gasteiger partial charge is 0.493 e. The van der Waals surface area contributed by atoms with Crippen molar-refractivity contribution >= 4 is 23.2 Å².